The average molecular weight is 953 g/mol. The zero-order valence-electron chi connectivity index (χ0n) is 44.3. The Labute approximate surface area is 424 Å². The monoisotopic (exact) mass is 953 g/mol. The molecule has 0 saturated heterocycles. The van der Waals surface area contributed by atoms with Crippen LogP contribution in [0.4, 0.5) is 0 Å². The third-order valence-corrected chi connectivity index (χ3v) is 11.2. The molecule has 0 bridgehead atoms. The van der Waals surface area contributed by atoms with E-state index in [1.165, 1.54) is 89.9 Å². The Bertz CT molecular complexity index is 1510. The van der Waals surface area contributed by atoms with E-state index in [9.17, 15) is 14.4 Å². The van der Waals surface area contributed by atoms with Crippen molar-refractivity contribution in [1.82, 2.24) is 0 Å². The van der Waals surface area contributed by atoms with Gasteiger partial charge in [0.2, 0.25) is 0 Å². The molecule has 0 amide bonds. The highest BCUT2D eigenvalue weighted by molar-refractivity contribution is 5.71. The maximum Gasteiger partial charge on any atom is 0.306 e. The fourth-order valence-electron chi connectivity index (χ4n) is 7.04. The van der Waals surface area contributed by atoms with Crippen molar-refractivity contribution in [3.8, 4) is 0 Å². The van der Waals surface area contributed by atoms with Crippen molar-refractivity contribution in [3.05, 3.63) is 134 Å². The molecule has 0 aliphatic heterocycles. The Morgan fingerprint density at radius 2 is 0.594 bits per heavy atom. The van der Waals surface area contributed by atoms with Crippen LogP contribution in [0.15, 0.2) is 134 Å². The summed E-state index contributed by atoms with van der Waals surface area (Å²) in [7, 11) is 0. The zero-order valence-corrected chi connectivity index (χ0v) is 44.3. The second kappa shape index (κ2) is 56.1. The van der Waals surface area contributed by atoms with Crippen molar-refractivity contribution in [1.29, 1.82) is 0 Å². The third-order valence-electron chi connectivity index (χ3n) is 11.2. The quantitative estimate of drug-likeness (QED) is 0.0262. The second-order valence-corrected chi connectivity index (χ2v) is 17.8. The minimum atomic E-state index is -0.852. The van der Waals surface area contributed by atoms with E-state index >= 15 is 0 Å². The van der Waals surface area contributed by atoms with E-state index in [1.54, 1.807) is 0 Å². The summed E-state index contributed by atoms with van der Waals surface area (Å²) in [6.07, 6.45) is 78.9. The molecule has 1 atom stereocenters. The topological polar surface area (TPSA) is 78.9 Å². The Morgan fingerprint density at radius 1 is 0.304 bits per heavy atom. The maximum absolute atomic E-state index is 12.8. The van der Waals surface area contributed by atoms with Gasteiger partial charge in [0.15, 0.2) is 6.10 Å². The first-order valence-corrected chi connectivity index (χ1v) is 27.7. The lowest BCUT2D eigenvalue weighted by molar-refractivity contribution is -0.166. The average Bonchev–Trinajstić information content (AvgIpc) is 3.35. The van der Waals surface area contributed by atoms with Crippen molar-refractivity contribution in [2.45, 2.75) is 232 Å². The van der Waals surface area contributed by atoms with Crippen LogP contribution in [0, 0.1) is 0 Å². The van der Waals surface area contributed by atoms with E-state index in [1.807, 2.05) is 24.3 Å². The Hall–Kier alpha value is -4.45. The molecule has 1 unspecified atom stereocenters. The smallest absolute Gasteiger partial charge is 0.306 e. The first-order valence-electron chi connectivity index (χ1n) is 27.7. The third kappa shape index (κ3) is 54.4. The molecular formula is C63H100O6. The van der Waals surface area contributed by atoms with Crippen LogP contribution < -0.4 is 0 Å². The van der Waals surface area contributed by atoms with Crippen LogP contribution in [-0.2, 0) is 28.6 Å². The van der Waals surface area contributed by atoms with Crippen molar-refractivity contribution in [3.63, 3.8) is 0 Å². The molecule has 0 saturated carbocycles. The number of unbranched alkanes of at least 4 members (excludes halogenated alkanes) is 15. The van der Waals surface area contributed by atoms with E-state index in [-0.39, 0.29) is 38.0 Å². The molecule has 0 aliphatic carbocycles. The van der Waals surface area contributed by atoms with Gasteiger partial charge in [0.1, 0.15) is 13.2 Å². The van der Waals surface area contributed by atoms with E-state index in [4.69, 9.17) is 14.2 Å². The molecule has 0 fully saturated rings. The molecule has 388 valence electrons. The van der Waals surface area contributed by atoms with Crippen LogP contribution in [-0.4, -0.2) is 37.2 Å². The van der Waals surface area contributed by atoms with Gasteiger partial charge in [-0.1, -0.05) is 244 Å². The summed E-state index contributed by atoms with van der Waals surface area (Å²) in [5.74, 6) is -1.11. The van der Waals surface area contributed by atoms with E-state index in [0.29, 0.717) is 19.3 Å². The highest BCUT2D eigenvalue weighted by Gasteiger charge is 2.19. The van der Waals surface area contributed by atoms with Gasteiger partial charge in [-0.15, -0.1) is 0 Å². The fraction of sp³-hybridized carbons (Fsp3) is 0.603. The van der Waals surface area contributed by atoms with Gasteiger partial charge in [0.05, 0.1) is 0 Å². The molecule has 0 heterocycles. The molecule has 0 aromatic carbocycles. The molecule has 6 heteroatoms. The molecule has 0 aromatic rings. The highest BCUT2D eigenvalue weighted by Crippen LogP contribution is 2.14. The molecule has 69 heavy (non-hydrogen) atoms. The number of ether oxygens (including phenoxy) is 3. The van der Waals surface area contributed by atoms with Crippen LogP contribution >= 0.6 is 0 Å². The van der Waals surface area contributed by atoms with Crippen LogP contribution in [0.3, 0.4) is 0 Å². The first-order chi connectivity index (χ1) is 34.0. The van der Waals surface area contributed by atoms with Gasteiger partial charge in [0, 0.05) is 19.3 Å². The number of rotatable bonds is 48. The predicted molar refractivity (Wildman–Crippen MR) is 297 cm³/mol. The van der Waals surface area contributed by atoms with Crippen molar-refractivity contribution in [2.75, 3.05) is 13.2 Å². The first kappa shape index (κ1) is 64.5. The SMILES string of the molecule is CC/C=C\C/C=C\C/C=C\C/C=C\C/C=C\C/C=C\CCC(=O)OC(COC(=O)CC/C=C\C/C=C\C/C=C\C/C=C\C/C=C\CCCCC)COC(=O)CCCCCCCCCCCCCCC. The van der Waals surface area contributed by atoms with Crippen LogP contribution in [0.1, 0.15) is 226 Å². The molecule has 0 aliphatic rings. The zero-order chi connectivity index (χ0) is 50.0. The Balaban J connectivity index is 4.63. The van der Waals surface area contributed by atoms with Crippen molar-refractivity contribution in [2.24, 2.45) is 0 Å². The van der Waals surface area contributed by atoms with Gasteiger partial charge in [-0.25, -0.2) is 0 Å². The van der Waals surface area contributed by atoms with Crippen LogP contribution in [0.2, 0.25) is 0 Å². The number of allylic oxidation sites excluding steroid dienone is 22. The molecule has 0 aromatic heterocycles. The van der Waals surface area contributed by atoms with Gasteiger partial charge in [0.25, 0.3) is 0 Å². The largest absolute Gasteiger partial charge is 0.462 e. The summed E-state index contributed by atoms with van der Waals surface area (Å²) >= 11 is 0. The number of hydrogen-bond acceptors (Lipinski definition) is 6. The number of hydrogen-bond donors (Lipinski definition) is 0. The van der Waals surface area contributed by atoms with Crippen LogP contribution in [0.5, 0.6) is 0 Å². The van der Waals surface area contributed by atoms with Gasteiger partial charge < -0.3 is 14.2 Å². The molecule has 0 spiro atoms. The predicted octanol–water partition coefficient (Wildman–Crippen LogP) is 18.6. The van der Waals surface area contributed by atoms with Gasteiger partial charge in [-0.3, -0.25) is 14.4 Å². The summed E-state index contributed by atoms with van der Waals surface area (Å²) in [5.41, 5.74) is 0. The van der Waals surface area contributed by atoms with Gasteiger partial charge >= 0.3 is 17.9 Å². The minimum absolute atomic E-state index is 0.134. The molecule has 6 nitrogen and oxygen atoms in total. The van der Waals surface area contributed by atoms with Crippen molar-refractivity contribution >= 4 is 17.9 Å². The standard InChI is InChI=1S/C63H100O6/c1-4-7-10-13-16-19-22-25-27-29-31-33-35-38-41-44-47-50-53-56-62(65)68-59-60(58-67-61(64)55-52-49-46-43-40-37-24-21-18-15-12-9-6-3)69-63(66)57-54-51-48-45-42-39-36-34-32-30-28-26-23-20-17-14-11-8-5-2/h8,11,16-17,19-20,25-28,31-34,38-39,41-42,47-48,50-51,60H,4-7,9-10,12-15,18,21-24,29-30,35-37,40,43-46,49,52-59H2,1-3H3/b11-8-,19-16-,20-17-,27-25-,28-26-,33-31-,34-32-,41-38-,42-39-,50-47-,51-48-. The number of esters is 3. The van der Waals surface area contributed by atoms with Gasteiger partial charge in [-0.2, -0.15) is 0 Å². The molecule has 0 radical (unpaired) electrons. The summed E-state index contributed by atoms with van der Waals surface area (Å²) in [6, 6.07) is 0. The molecular weight excluding hydrogens is 853 g/mol. The normalized spacial score (nSPS) is 13.1. The summed E-state index contributed by atoms with van der Waals surface area (Å²) in [5, 5.41) is 0. The molecule has 0 N–H and O–H groups in total. The number of carbonyl (C=O) groups is 3. The number of carbonyl (C=O) groups excluding carboxylic acids is 3. The summed E-state index contributed by atoms with van der Waals surface area (Å²) < 4.78 is 16.7. The summed E-state index contributed by atoms with van der Waals surface area (Å²) in [6.45, 7) is 6.36. The van der Waals surface area contributed by atoms with Crippen molar-refractivity contribution < 1.29 is 28.6 Å². The van der Waals surface area contributed by atoms with E-state index < -0.39 is 12.1 Å². The Morgan fingerprint density at radius 3 is 0.971 bits per heavy atom. The van der Waals surface area contributed by atoms with E-state index in [0.717, 1.165) is 83.5 Å². The molecule has 0 rings (SSSR count). The minimum Gasteiger partial charge on any atom is -0.462 e. The summed E-state index contributed by atoms with van der Waals surface area (Å²) in [4.78, 5) is 38.0. The fourth-order valence-corrected chi connectivity index (χ4v) is 7.04. The van der Waals surface area contributed by atoms with E-state index in [2.05, 4.69) is 130 Å². The maximum atomic E-state index is 12.8. The Kier molecular flexibility index (Phi) is 52.5. The van der Waals surface area contributed by atoms with Gasteiger partial charge in [-0.05, 0) is 96.3 Å². The lowest BCUT2D eigenvalue weighted by Crippen LogP contribution is -2.30. The highest BCUT2D eigenvalue weighted by atomic mass is 16.6. The second-order valence-electron chi connectivity index (χ2n) is 17.8. The lowest BCUT2D eigenvalue weighted by Gasteiger charge is -2.18. The van der Waals surface area contributed by atoms with Crippen LogP contribution in [0.25, 0.3) is 0 Å². The lowest BCUT2D eigenvalue weighted by atomic mass is 10.0.